The largest absolute Gasteiger partial charge is 0.443 e. The predicted octanol–water partition coefficient (Wildman–Crippen LogP) is 4.96. The Morgan fingerprint density at radius 2 is 1.84 bits per heavy atom. The van der Waals surface area contributed by atoms with E-state index in [0.717, 1.165) is 36.2 Å². The number of amides is 1. The molecule has 0 unspecified atom stereocenters. The van der Waals surface area contributed by atoms with E-state index in [1.807, 2.05) is 0 Å². The summed E-state index contributed by atoms with van der Waals surface area (Å²) in [7, 11) is -3.54. The van der Waals surface area contributed by atoms with Gasteiger partial charge in [-0.05, 0) is 51.0 Å². The lowest BCUT2D eigenvalue weighted by molar-refractivity contribution is -0.137. The molecule has 0 atom stereocenters. The number of nitrogens with zero attached hydrogens (tertiary/aromatic N) is 6. The van der Waals surface area contributed by atoms with E-state index in [4.69, 9.17) is 0 Å². The van der Waals surface area contributed by atoms with Crippen LogP contribution >= 0.6 is 11.3 Å². The molecule has 7 rings (SSSR count). The molecule has 4 aromatic rings. The third-order valence-corrected chi connectivity index (χ3v) is 11.3. The maximum atomic E-state index is 13.4. The molecule has 45 heavy (non-hydrogen) atoms. The molecular formula is C28H28F3N9O3S2. The first-order chi connectivity index (χ1) is 21.5. The van der Waals surface area contributed by atoms with Gasteiger partial charge in [0.15, 0.2) is 10.8 Å². The van der Waals surface area contributed by atoms with E-state index < -0.39 is 26.5 Å². The van der Waals surface area contributed by atoms with Gasteiger partial charge in [-0.25, -0.2) is 28.4 Å². The Hall–Kier alpha value is -4.12. The molecule has 17 heteroatoms. The highest BCUT2D eigenvalue weighted by molar-refractivity contribution is 7.90. The Kier molecular flexibility index (Phi) is 7.26. The fourth-order valence-corrected chi connectivity index (χ4v) is 8.00. The number of anilines is 3. The summed E-state index contributed by atoms with van der Waals surface area (Å²) >= 11 is 0.524. The molecule has 1 amide bonds. The number of aromatic nitrogens is 6. The van der Waals surface area contributed by atoms with Crippen molar-refractivity contribution in [3.05, 3.63) is 47.3 Å². The summed E-state index contributed by atoms with van der Waals surface area (Å²) in [6.45, 7) is 0. The molecule has 3 fully saturated rings. The van der Waals surface area contributed by atoms with Gasteiger partial charge in [0, 0.05) is 53.1 Å². The number of nitrogens with one attached hydrogen (secondary N) is 3. The standard InChI is InChI=1S/C28H28F3N9O3S2/c29-28(30,31)26-36-21(15-44-26)19-13-33-23(11-20(19)35-17-3-7-27(8-4-17)9-5-24(41)39-27)37-22-6-10-32-25(38-22)16-12-34-40(14-16)45(42,43)18-1-2-18/h6,10-15,17-18H,1-5,7-9H2,(H,39,41)(H2,32,33,35,37,38). The lowest BCUT2D eigenvalue weighted by atomic mass is 9.78. The van der Waals surface area contributed by atoms with Crippen molar-refractivity contribution in [1.29, 1.82) is 0 Å². The normalized spacial score (nSPS) is 22.0. The van der Waals surface area contributed by atoms with Crippen molar-refractivity contribution in [2.45, 2.75) is 74.4 Å². The third-order valence-electron chi connectivity index (χ3n) is 8.40. The van der Waals surface area contributed by atoms with Gasteiger partial charge in [0.2, 0.25) is 5.91 Å². The van der Waals surface area contributed by atoms with Crippen molar-refractivity contribution in [2.24, 2.45) is 0 Å². The van der Waals surface area contributed by atoms with Gasteiger partial charge in [-0.3, -0.25) is 4.79 Å². The molecule has 1 spiro atoms. The summed E-state index contributed by atoms with van der Waals surface area (Å²) in [6.07, 6.45) is 6.92. The summed E-state index contributed by atoms with van der Waals surface area (Å²) in [4.78, 5) is 28.9. The molecule has 3 aliphatic rings. The summed E-state index contributed by atoms with van der Waals surface area (Å²) in [5.41, 5.74) is 1.39. The summed E-state index contributed by atoms with van der Waals surface area (Å²) in [5, 5.41) is 13.7. The number of hydrogen-bond acceptors (Lipinski definition) is 11. The second-order valence-corrected chi connectivity index (χ2v) is 14.6. The lowest BCUT2D eigenvalue weighted by Crippen LogP contribution is -2.46. The molecule has 0 bridgehead atoms. The van der Waals surface area contributed by atoms with Gasteiger partial charge < -0.3 is 16.0 Å². The van der Waals surface area contributed by atoms with Crippen LogP contribution in [0.25, 0.3) is 22.6 Å². The summed E-state index contributed by atoms with van der Waals surface area (Å²) < 4.78 is 66.1. The molecule has 2 saturated carbocycles. The van der Waals surface area contributed by atoms with E-state index in [2.05, 4.69) is 41.0 Å². The Balaban J connectivity index is 1.14. The summed E-state index contributed by atoms with van der Waals surface area (Å²) in [5.74, 6) is 1.07. The van der Waals surface area contributed by atoms with Crippen LogP contribution in [-0.2, 0) is 21.0 Å². The first-order valence-corrected chi connectivity index (χ1v) is 16.9. The Bertz CT molecular complexity index is 1860. The van der Waals surface area contributed by atoms with Crippen LogP contribution in [0.15, 0.2) is 42.3 Å². The number of carbonyl (C=O) groups is 1. The van der Waals surface area contributed by atoms with Crippen LogP contribution in [0.1, 0.15) is 56.4 Å². The highest BCUT2D eigenvalue weighted by Crippen LogP contribution is 2.40. The van der Waals surface area contributed by atoms with E-state index >= 15 is 0 Å². The van der Waals surface area contributed by atoms with Crippen molar-refractivity contribution in [2.75, 3.05) is 10.6 Å². The number of pyridine rings is 1. The number of halogens is 3. The Labute approximate surface area is 260 Å². The molecule has 1 saturated heterocycles. The van der Waals surface area contributed by atoms with Gasteiger partial charge in [-0.15, -0.1) is 11.3 Å². The molecule has 1 aliphatic heterocycles. The highest BCUT2D eigenvalue weighted by atomic mass is 32.2. The van der Waals surface area contributed by atoms with E-state index in [1.54, 1.807) is 12.1 Å². The zero-order valence-corrected chi connectivity index (χ0v) is 25.3. The fraction of sp³-hybridized carbons (Fsp3) is 0.429. The SMILES string of the molecule is O=C1CCC2(CCC(Nc3cc(Nc4ccnc(-c5cnn(S(=O)(=O)C6CC6)c5)n4)ncc3-c3csc(C(F)(F)F)n3)CC2)N1. The minimum absolute atomic E-state index is 0.0250. The van der Waals surface area contributed by atoms with Crippen LogP contribution in [-0.4, -0.2) is 60.3 Å². The second-order valence-electron chi connectivity index (χ2n) is 11.6. The fourth-order valence-electron chi connectivity index (χ4n) is 5.83. The number of alkyl halides is 3. The minimum Gasteiger partial charge on any atom is -0.382 e. The molecule has 2 aliphatic carbocycles. The zero-order valence-electron chi connectivity index (χ0n) is 23.7. The second kappa shape index (κ2) is 11.0. The number of hydrogen-bond donors (Lipinski definition) is 3. The topological polar surface area (TPSA) is 157 Å². The monoisotopic (exact) mass is 659 g/mol. The van der Waals surface area contributed by atoms with E-state index in [-0.39, 0.29) is 29.0 Å². The maximum absolute atomic E-state index is 13.4. The van der Waals surface area contributed by atoms with Crippen LogP contribution in [0.2, 0.25) is 0 Å². The lowest BCUT2D eigenvalue weighted by Gasteiger charge is -2.38. The van der Waals surface area contributed by atoms with Crippen LogP contribution in [0.3, 0.4) is 0 Å². The van der Waals surface area contributed by atoms with E-state index in [0.29, 0.717) is 59.0 Å². The molecule has 236 valence electrons. The van der Waals surface area contributed by atoms with Crippen LogP contribution in [0, 0.1) is 0 Å². The average Bonchev–Trinajstić information content (AvgIpc) is 3.37. The Morgan fingerprint density at radius 1 is 1.04 bits per heavy atom. The first kappa shape index (κ1) is 29.6. The molecule has 12 nitrogen and oxygen atoms in total. The van der Waals surface area contributed by atoms with Crippen molar-refractivity contribution in [3.8, 4) is 22.6 Å². The quantitative estimate of drug-likeness (QED) is 0.236. The smallest absolute Gasteiger partial charge is 0.382 e. The summed E-state index contributed by atoms with van der Waals surface area (Å²) in [6, 6.07) is 3.34. The van der Waals surface area contributed by atoms with Gasteiger partial charge >= 0.3 is 6.18 Å². The molecule has 0 radical (unpaired) electrons. The van der Waals surface area contributed by atoms with E-state index in [9.17, 15) is 26.4 Å². The molecule has 5 heterocycles. The molecule has 4 aromatic heterocycles. The van der Waals surface area contributed by atoms with E-state index in [1.165, 1.54) is 30.2 Å². The first-order valence-electron chi connectivity index (χ1n) is 14.5. The van der Waals surface area contributed by atoms with Crippen molar-refractivity contribution in [3.63, 3.8) is 0 Å². The van der Waals surface area contributed by atoms with Crippen LogP contribution < -0.4 is 16.0 Å². The predicted molar refractivity (Wildman–Crippen MR) is 160 cm³/mol. The third kappa shape index (κ3) is 6.10. The number of thiazole rings is 1. The zero-order chi connectivity index (χ0) is 31.4. The average molecular weight is 660 g/mol. The van der Waals surface area contributed by atoms with Gasteiger partial charge in [0.1, 0.15) is 11.6 Å². The van der Waals surface area contributed by atoms with Gasteiger partial charge in [0.05, 0.1) is 28.9 Å². The number of rotatable bonds is 8. The van der Waals surface area contributed by atoms with Crippen LogP contribution in [0.5, 0.6) is 0 Å². The highest BCUT2D eigenvalue weighted by Gasteiger charge is 2.41. The van der Waals surface area contributed by atoms with Crippen molar-refractivity contribution >= 4 is 44.6 Å². The molecular weight excluding hydrogens is 631 g/mol. The molecule has 3 N–H and O–H groups in total. The van der Waals surface area contributed by atoms with Crippen molar-refractivity contribution < 1.29 is 26.4 Å². The maximum Gasteiger partial charge on any atom is 0.443 e. The van der Waals surface area contributed by atoms with Gasteiger partial charge in [-0.2, -0.15) is 22.4 Å². The number of carbonyl (C=O) groups excluding carboxylic acids is 1. The van der Waals surface area contributed by atoms with Gasteiger partial charge in [0.25, 0.3) is 10.0 Å². The minimum atomic E-state index is -4.56. The van der Waals surface area contributed by atoms with Crippen LogP contribution in [0.4, 0.5) is 30.5 Å². The van der Waals surface area contributed by atoms with Crippen molar-refractivity contribution in [1.82, 2.24) is 34.4 Å². The van der Waals surface area contributed by atoms with Gasteiger partial charge in [-0.1, -0.05) is 0 Å². The molecule has 0 aromatic carbocycles. The Morgan fingerprint density at radius 3 is 2.53 bits per heavy atom.